The highest BCUT2D eigenvalue weighted by Gasteiger charge is 2.23. The van der Waals surface area contributed by atoms with Gasteiger partial charge in [-0.3, -0.25) is 14.9 Å². The van der Waals surface area contributed by atoms with Gasteiger partial charge in [0.2, 0.25) is 5.91 Å². The van der Waals surface area contributed by atoms with Gasteiger partial charge in [0.1, 0.15) is 5.75 Å². The van der Waals surface area contributed by atoms with Crippen LogP contribution in [-0.4, -0.2) is 54.6 Å². The minimum Gasteiger partial charge on any atom is -0.483 e. The molecule has 2 N–H and O–H groups in total. The zero-order valence-electron chi connectivity index (χ0n) is 19.8. The molecule has 0 atom stereocenters. The molecule has 7 nitrogen and oxygen atoms in total. The van der Waals surface area contributed by atoms with Gasteiger partial charge in [0.25, 0.3) is 5.91 Å². The van der Waals surface area contributed by atoms with Crippen LogP contribution in [0.4, 0.5) is 11.4 Å². The third kappa shape index (κ3) is 7.33. The summed E-state index contributed by atoms with van der Waals surface area (Å²) in [5.41, 5.74) is 2.53. The van der Waals surface area contributed by atoms with Crippen LogP contribution in [0.5, 0.6) is 5.75 Å². The van der Waals surface area contributed by atoms with E-state index >= 15 is 0 Å². The topological polar surface area (TPSA) is 73.9 Å². The van der Waals surface area contributed by atoms with E-state index in [0.29, 0.717) is 41.9 Å². The molecule has 0 spiro atoms. The summed E-state index contributed by atoms with van der Waals surface area (Å²) in [6.07, 6.45) is 0.579. The Labute approximate surface area is 211 Å². The smallest absolute Gasteiger partial charge is 0.264 e. The maximum absolute atomic E-state index is 12.3. The van der Waals surface area contributed by atoms with Crippen LogP contribution >= 0.6 is 23.8 Å². The number of aryl methyl sites for hydroxylation is 1. The van der Waals surface area contributed by atoms with Crippen molar-refractivity contribution in [3.05, 3.63) is 53.1 Å². The van der Waals surface area contributed by atoms with E-state index in [1.165, 1.54) is 0 Å². The van der Waals surface area contributed by atoms with Crippen molar-refractivity contribution >= 4 is 52.1 Å². The molecule has 0 bridgehead atoms. The van der Waals surface area contributed by atoms with Crippen LogP contribution in [0.15, 0.2) is 42.5 Å². The normalized spacial score (nSPS) is 13.6. The number of carbonyl (C=O) groups is 2. The number of hydrogen-bond donors (Lipinski definition) is 2. The third-order valence-electron chi connectivity index (χ3n) is 5.47. The van der Waals surface area contributed by atoms with Gasteiger partial charge >= 0.3 is 0 Å². The number of rotatable bonds is 7. The molecule has 1 fully saturated rings. The first kappa shape index (κ1) is 25.8. The molecule has 9 heteroatoms. The van der Waals surface area contributed by atoms with E-state index in [4.69, 9.17) is 28.6 Å². The van der Waals surface area contributed by atoms with Gasteiger partial charge in [0.15, 0.2) is 11.7 Å². The predicted octanol–water partition coefficient (Wildman–Crippen LogP) is 4.24. The lowest BCUT2D eigenvalue weighted by Gasteiger charge is -2.37. The van der Waals surface area contributed by atoms with Gasteiger partial charge in [0.05, 0.1) is 10.7 Å². The Kier molecular flexibility index (Phi) is 9.12. The van der Waals surface area contributed by atoms with E-state index in [1.54, 1.807) is 6.07 Å². The summed E-state index contributed by atoms with van der Waals surface area (Å²) in [6.45, 7) is 8.71. The van der Waals surface area contributed by atoms with E-state index in [0.717, 1.165) is 24.3 Å². The quantitative estimate of drug-likeness (QED) is 0.552. The Morgan fingerprint density at radius 2 is 1.82 bits per heavy atom. The average molecular weight is 503 g/mol. The first-order valence-electron chi connectivity index (χ1n) is 11.3. The van der Waals surface area contributed by atoms with Crippen molar-refractivity contribution in [1.82, 2.24) is 10.2 Å². The fraction of sp³-hybridized carbons (Fsp3) is 0.400. The number of hydrogen-bond acceptors (Lipinski definition) is 5. The fourth-order valence-corrected chi connectivity index (χ4v) is 4.23. The van der Waals surface area contributed by atoms with Gasteiger partial charge in [-0.1, -0.05) is 43.6 Å². The van der Waals surface area contributed by atoms with Gasteiger partial charge in [-0.05, 0) is 54.9 Å². The number of benzene rings is 2. The van der Waals surface area contributed by atoms with Crippen molar-refractivity contribution in [2.75, 3.05) is 43.0 Å². The van der Waals surface area contributed by atoms with Crippen LogP contribution in [0.3, 0.4) is 0 Å². The van der Waals surface area contributed by atoms with Crippen LogP contribution in [0.1, 0.15) is 25.8 Å². The van der Waals surface area contributed by atoms with Gasteiger partial charge in [-0.15, -0.1) is 0 Å². The molecular weight excluding hydrogens is 472 g/mol. The second kappa shape index (κ2) is 12.0. The maximum Gasteiger partial charge on any atom is 0.264 e. The molecule has 0 aliphatic carbocycles. The van der Waals surface area contributed by atoms with Crippen molar-refractivity contribution in [3.63, 3.8) is 0 Å². The third-order valence-corrected chi connectivity index (χ3v) is 5.97. The molecule has 1 aliphatic rings. The van der Waals surface area contributed by atoms with Crippen LogP contribution in [0.2, 0.25) is 5.02 Å². The maximum atomic E-state index is 12.3. The van der Waals surface area contributed by atoms with Crippen molar-refractivity contribution in [1.29, 1.82) is 0 Å². The van der Waals surface area contributed by atoms with E-state index in [-0.39, 0.29) is 23.5 Å². The molecule has 1 saturated heterocycles. The van der Waals surface area contributed by atoms with E-state index in [1.807, 2.05) is 48.2 Å². The molecule has 182 valence electrons. The van der Waals surface area contributed by atoms with Crippen molar-refractivity contribution in [2.45, 2.75) is 27.2 Å². The summed E-state index contributed by atoms with van der Waals surface area (Å²) in [4.78, 5) is 28.6. The standard InChI is InChI=1S/C25H31ClN4O3S/c1-17(2)14-24(32)30-12-10-29(11-13-30)21-9-8-19(15-20(21)26)27-25(34)28-23(31)16-33-22-7-5-4-6-18(22)3/h4-9,15,17H,10-14,16H2,1-3H3,(H2,27,28,31,34). The number of thiocarbonyl (C=S) groups is 1. The molecule has 2 aromatic carbocycles. The average Bonchev–Trinajstić information content (AvgIpc) is 2.78. The predicted molar refractivity (Wildman–Crippen MR) is 141 cm³/mol. The fourth-order valence-electron chi connectivity index (χ4n) is 3.70. The lowest BCUT2D eigenvalue weighted by atomic mass is 10.1. The molecule has 1 heterocycles. The number of nitrogens with zero attached hydrogens (tertiary/aromatic N) is 2. The van der Waals surface area contributed by atoms with Crippen molar-refractivity contribution < 1.29 is 14.3 Å². The number of amides is 2. The molecule has 2 amide bonds. The molecule has 3 rings (SSSR count). The Morgan fingerprint density at radius 3 is 2.47 bits per heavy atom. The van der Waals surface area contributed by atoms with Gasteiger partial charge in [-0.25, -0.2) is 0 Å². The molecular formula is C25H31ClN4O3S. The summed E-state index contributed by atoms with van der Waals surface area (Å²) in [5.74, 6) is 0.869. The van der Waals surface area contributed by atoms with Crippen LogP contribution in [-0.2, 0) is 9.59 Å². The number of nitrogens with one attached hydrogen (secondary N) is 2. The Balaban J connectivity index is 1.48. The second-order valence-electron chi connectivity index (χ2n) is 8.69. The Hall–Kier alpha value is -2.84. The van der Waals surface area contributed by atoms with E-state index < -0.39 is 0 Å². The zero-order chi connectivity index (χ0) is 24.7. The number of halogens is 1. The lowest BCUT2D eigenvalue weighted by molar-refractivity contribution is -0.132. The molecule has 0 aromatic heterocycles. The van der Waals surface area contributed by atoms with Gasteiger partial charge in [-0.2, -0.15) is 0 Å². The largest absolute Gasteiger partial charge is 0.483 e. The highest BCUT2D eigenvalue weighted by molar-refractivity contribution is 7.80. The minimum absolute atomic E-state index is 0.141. The molecule has 0 saturated carbocycles. The van der Waals surface area contributed by atoms with Gasteiger partial charge < -0.3 is 19.9 Å². The first-order valence-corrected chi connectivity index (χ1v) is 12.1. The zero-order valence-corrected chi connectivity index (χ0v) is 21.3. The van der Waals surface area contributed by atoms with Gasteiger partial charge in [0, 0.05) is 38.3 Å². The highest BCUT2D eigenvalue weighted by Crippen LogP contribution is 2.30. The van der Waals surface area contributed by atoms with Crippen LogP contribution in [0.25, 0.3) is 0 Å². The SMILES string of the molecule is Cc1ccccc1OCC(=O)NC(=S)Nc1ccc(N2CCN(C(=O)CC(C)C)CC2)c(Cl)c1. The van der Waals surface area contributed by atoms with E-state index in [2.05, 4.69) is 29.4 Å². The number of carbonyl (C=O) groups excluding carboxylic acids is 2. The Morgan fingerprint density at radius 1 is 1.12 bits per heavy atom. The number of piperazine rings is 1. The highest BCUT2D eigenvalue weighted by atomic mass is 35.5. The summed E-state index contributed by atoms with van der Waals surface area (Å²) in [7, 11) is 0. The van der Waals surface area contributed by atoms with Crippen molar-refractivity contribution in [2.24, 2.45) is 5.92 Å². The summed E-state index contributed by atoms with van der Waals surface area (Å²) < 4.78 is 5.54. The molecule has 0 unspecified atom stereocenters. The second-order valence-corrected chi connectivity index (χ2v) is 9.50. The Bertz CT molecular complexity index is 1040. The van der Waals surface area contributed by atoms with E-state index in [9.17, 15) is 9.59 Å². The van der Waals surface area contributed by atoms with Crippen LogP contribution in [0, 0.1) is 12.8 Å². The number of anilines is 2. The first-order chi connectivity index (χ1) is 16.2. The lowest BCUT2D eigenvalue weighted by Crippen LogP contribution is -2.49. The summed E-state index contributed by atoms with van der Waals surface area (Å²) in [5, 5.41) is 6.33. The molecule has 1 aliphatic heterocycles. The van der Waals surface area contributed by atoms with Crippen molar-refractivity contribution in [3.8, 4) is 5.75 Å². The molecule has 34 heavy (non-hydrogen) atoms. The summed E-state index contributed by atoms with van der Waals surface area (Å²) >= 11 is 11.8. The molecule has 0 radical (unpaired) electrons. The number of ether oxygens (including phenoxy) is 1. The number of para-hydroxylation sites is 1. The molecule has 2 aromatic rings. The monoisotopic (exact) mass is 502 g/mol. The summed E-state index contributed by atoms with van der Waals surface area (Å²) in [6, 6.07) is 13.0. The minimum atomic E-state index is -0.353. The van der Waals surface area contributed by atoms with Crippen LogP contribution < -0.4 is 20.3 Å².